The number of hydrogen-bond donors (Lipinski definition) is 2. The molecule has 102 valence electrons. The molecule has 1 unspecified atom stereocenters. The fraction of sp³-hybridized carbons (Fsp3) is 0.929. The van der Waals surface area contributed by atoms with E-state index < -0.39 is 0 Å². The van der Waals surface area contributed by atoms with E-state index >= 15 is 0 Å². The lowest BCUT2D eigenvalue weighted by atomic mass is 9.90. The largest absolute Gasteiger partial charge is 0.393 e. The molecule has 1 aliphatic heterocycles. The summed E-state index contributed by atoms with van der Waals surface area (Å²) in [7, 11) is 0. The molecule has 1 atom stereocenters. The van der Waals surface area contributed by atoms with Gasteiger partial charge in [-0.3, -0.25) is 4.79 Å². The highest BCUT2D eigenvalue weighted by Gasteiger charge is 2.37. The smallest absolute Gasteiger partial charge is 0.239 e. The van der Waals surface area contributed by atoms with E-state index in [-0.39, 0.29) is 12.1 Å². The topological polar surface area (TPSA) is 52.6 Å². The maximum Gasteiger partial charge on any atom is 0.239 e. The van der Waals surface area contributed by atoms with Gasteiger partial charge >= 0.3 is 0 Å². The van der Waals surface area contributed by atoms with E-state index in [9.17, 15) is 9.90 Å². The average molecular weight is 252 g/mol. The summed E-state index contributed by atoms with van der Waals surface area (Å²) in [6, 6.07) is 1.05. The number of carbonyl (C=O) groups excluding carboxylic acids is 1. The van der Waals surface area contributed by atoms with E-state index in [0.717, 1.165) is 45.1 Å². The SMILES string of the molecule is O=C1C(NC2CC2)CCCN1C1CCC(O)CC1. The van der Waals surface area contributed by atoms with Gasteiger partial charge in [-0.1, -0.05) is 0 Å². The van der Waals surface area contributed by atoms with Crippen LogP contribution in [0.25, 0.3) is 0 Å². The minimum absolute atomic E-state index is 0.0677. The number of nitrogens with one attached hydrogen (secondary N) is 1. The van der Waals surface area contributed by atoms with Crippen molar-refractivity contribution in [1.29, 1.82) is 0 Å². The van der Waals surface area contributed by atoms with Crippen LogP contribution in [-0.4, -0.2) is 46.7 Å². The van der Waals surface area contributed by atoms with Gasteiger partial charge in [-0.2, -0.15) is 0 Å². The molecule has 2 aliphatic carbocycles. The Morgan fingerprint density at radius 3 is 2.44 bits per heavy atom. The van der Waals surface area contributed by atoms with Crippen LogP contribution in [0, 0.1) is 0 Å². The molecule has 2 saturated carbocycles. The number of aliphatic hydroxyl groups excluding tert-OH is 1. The van der Waals surface area contributed by atoms with Crippen molar-refractivity contribution in [3.8, 4) is 0 Å². The molecule has 0 radical (unpaired) electrons. The zero-order valence-electron chi connectivity index (χ0n) is 11.0. The average Bonchev–Trinajstić information content (AvgIpc) is 3.17. The van der Waals surface area contributed by atoms with Gasteiger partial charge < -0.3 is 15.3 Å². The van der Waals surface area contributed by atoms with Crippen molar-refractivity contribution < 1.29 is 9.90 Å². The van der Waals surface area contributed by atoms with Gasteiger partial charge in [-0.25, -0.2) is 0 Å². The van der Waals surface area contributed by atoms with Crippen LogP contribution in [0.5, 0.6) is 0 Å². The Labute approximate surface area is 109 Å². The third-order valence-corrected chi connectivity index (χ3v) is 4.59. The number of amides is 1. The first-order valence-corrected chi connectivity index (χ1v) is 7.48. The van der Waals surface area contributed by atoms with Gasteiger partial charge in [0.25, 0.3) is 0 Å². The molecule has 1 saturated heterocycles. The Morgan fingerprint density at radius 1 is 1.06 bits per heavy atom. The maximum absolute atomic E-state index is 12.5. The number of rotatable bonds is 3. The van der Waals surface area contributed by atoms with Gasteiger partial charge in [0.2, 0.25) is 5.91 Å². The summed E-state index contributed by atoms with van der Waals surface area (Å²) >= 11 is 0. The van der Waals surface area contributed by atoms with Gasteiger partial charge in [0.1, 0.15) is 0 Å². The van der Waals surface area contributed by atoms with Crippen LogP contribution >= 0.6 is 0 Å². The molecule has 0 spiro atoms. The first-order valence-electron chi connectivity index (χ1n) is 7.48. The van der Waals surface area contributed by atoms with Crippen LogP contribution in [0.15, 0.2) is 0 Å². The molecule has 3 rings (SSSR count). The Kier molecular flexibility index (Phi) is 3.57. The first-order chi connectivity index (χ1) is 8.74. The standard InChI is InChI=1S/C14H24N2O2/c17-12-7-5-11(6-8-12)16-9-1-2-13(14(16)18)15-10-3-4-10/h10-13,15,17H,1-9H2. The number of hydrogen-bond acceptors (Lipinski definition) is 3. The van der Waals surface area contributed by atoms with E-state index in [0.29, 0.717) is 18.0 Å². The van der Waals surface area contributed by atoms with Crippen LogP contribution in [0.2, 0.25) is 0 Å². The lowest BCUT2D eigenvalue weighted by molar-refractivity contribution is -0.139. The molecule has 1 amide bonds. The number of aliphatic hydroxyl groups is 1. The van der Waals surface area contributed by atoms with Crippen molar-refractivity contribution in [2.75, 3.05) is 6.54 Å². The minimum Gasteiger partial charge on any atom is -0.393 e. The van der Waals surface area contributed by atoms with E-state index in [2.05, 4.69) is 10.2 Å². The van der Waals surface area contributed by atoms with Crippen molar-refractivity contribution in [3.63, 3.8) is 0 Å². The Bertz CT molecular complexity index is 309. The highest BCUT2D eigenvalue weighted by molar-refractivity contribution is 5.83. The first kappa shape index (κ1) is 12.4. The summed E-state index contributed by atoms with van der Waals surface area (Å²) in [5, 5.41) is 13.0. The van der Waals surface area contributed by atoms with Gasteiger partial charge in [0.05, 0.1) is 12.1 Å². The maximum atomic E-state index is 12.5. The monoisotopic (exact) mass is 252 g/mol. The molecule has 2 N–H and O–H groups in total. The quantitative estimate of drug-likeness (QED) is 0.789. The number of nitrogens with zero attached hydrogens (tertiary/aromatic N) is 1. The molecule has 4 nitrogen and oxygen atoms in total. The molecule has 0 aromatic carbocycles. The fourth-order valence-corrected chi connectivity index (χ4v) is 3.32. The van der Waals surface area contributed by atoms with Crippen molar-refractivity contribution in [3.05, 3.63) is 0 Å². The Balaban J connectivity index is 1.58. The van der Waals surface area contributed by atoms with Crippen LogP contribution in [0.4, 0.5) is 0 Å². The normalized spacial score (nSPS) is 37.9. The summed E-state index contributed by atoms with van der Waals surface area (Å²) in [6.45, 7) is 0.919. The molecule has 4 heteroatoms. The number of piperidine rings is 1. The third-order valence-electron chi connectivity index (χ3n) is 4.59. The molecular formula is C14H24N2O2. The predicted molar refractivity (Wildman–Crippen MR) is 69.2 cm³/mol. The second-order valence-corrected chi connectivity index (χ2v) is 6.13. The van der Waals surface area contributed by atoms with E-state index in [1.807, 2.05) is 0 Å². The van der Waals surface area contributed by atoms with Gasteiger partial charge in [0.15, 0.2) is 0 Å². The highest BCUT2D eigenvalue weighted by Crippen LogP contribution is 2.28. The molecule has 3 fully saturated rings. The van der Waals surface area contributed by atoms with Gasteiger partial charge in [0, 0.05) is 18.6 Å². The zero-order chi connectivity index (χ0) is 12.5. The molecule has 1 heterocycles. The molecule has 18 heavy (non-hydrogen) atoms. The Morgan fingerprint density at radius 2 is 1.78 bits per heavy atom. The van der Waals surface area contributed by atoms with Crippen LogP contribution < -0.4 is 5.32 Å². The van der Waals surface area contributed by atoms with Crippen molar-refractivity contribution in [1.82, 2.24) is 10.2 Å². The highest BCUT2D eigenvalue weighted by atomic mass is 16.3. The molecule has 0 aromatic heterocycles. The minimum atomic E-state index is -0.137. The van der Waals surface area contributed by atoms with Gasteiger partial charge in [-0.15, -0.1) is 0 Å². The Hall–Kier alpha value is -0.610. The second-order valence-electron chi connectivity index (χ2n) is 6.13. The summed E-state index contributed by atoms with van der Waals surface area (Å²) in [4.78, 5) is 14.6. The molecular weight excluding hydrogens is 228 g/mol. The third kappa shape index (κ3) is 2.69. The van der Waals surface area contributed by atoms with Crippen LogP contribution in [0.1, 0.15) is 51.4 Å². The lowest BCUT2D eigenvalue weighted by Gasteiger charge is -2.40. The van der Waals surface area contributed by atoms with E-state index in [4.69, 9.17) is 0 Å². The predicted octanol–water partition coefficient (Wildman–Crippen LogP) is 1.03. The van der Waals surface area contributed by atoms with Crippen LogP contribution in [-0.2, 0) is 4.79 Å². The van der Waals surface area contributed by atoms with Crippen LogP contribution in [0.3, 0.4) is 0 Å². The van der Waals surface area contributed by atoms with Crippen molar-refractivity contribution >= 4 is 5.91 Å². The number of likely N-dealkylation sites (tertiary alicyclic amines) is 1. The molecule has 3 aliphatic rings. The summed E-state index contributed by atoms with van der Waals surface area (Å²) < 4.78 is 0. The fourth-order valence-electron chi connectivity index (χ4n) is 3.32. The molecule has 0 aromatic rings. The summed E-state index contributed by atoms with van der Waals surface area (Å²) in [5.74, 6) is 0.314. The van der Waals surface area contributed by atoms with Gasteiger partial charge in [-0.05, 0) is 51.4 Å². The summed E-state index contributed by atoms with van der Waals surface area (Å²) in [6.07, 6.45) is 8.12. The second kappa shape index (κ2) is 5.17. The summed E-state index contributed by atoms with van der Waals surface area (Å²) in [5.41, 5.74) is 0. The lowest BCUT2D eigenvalue weighted by Crippen LogP contribution is -2.55. The number of carbonyl (C=O) groups is 1. The van der Waals surface area contributed by atoms with Crippen molar-refractivity contribution in [2.45, 2.75) is 75.6 Å². The van der Waals surface area contributed by atoms with E-state index in [1.165, 1.54) is 12.8 Å². The molecule has 0 bridgehead atoms. The van der Waals surface area contributed by atoms with E-state index in [1.54, 1.807) is 0 Å². The van der Waals surface area contributed by atoms with Crippen molar-refractivity contribution in [2.24, 2.45) is 0 Å². The zero-order valence-corrected chi connectivity index (χ0v) is 11.0.